The lowest BCUT2D eigenvalue weighted by Crippen LogP contribution is -2.46. The lowest BCUT2D eigenvalue weighted by molar-refractivity contribution is 0.141. The molecule has 0 aliphatic rings. The van der Waals surface area contributed by atoms with Gasteiger partial charge in [0.25, 0.3) is 0 Å². The third-order valence-electron chi connectivity index (χ3n) is 3.93. The minimum atomic E-state index is -3.07. The minimum Gasteiger partial charge on any atom is -0.373 e. The van der Waals surface area contributed by atoms with Gasteiger partial charge < -0.3 is 26.6 Å². The van der Waals surface area contributed by atoms with Gasteiger partial charge in [-0.15, -0.1) is 0 Å². The Labute approximate surface area is 146 Å². The number of rotatable bonds is 10. The zero-order valence-electron chi connectivity index (χ0n) is 15.2. The van der Waals surface area contributed by atoms with Crippen molar-refractivity contribution in [1.82, 2.24) is 0 Å². The van der Waals surface area contributed by atoms with Crippen LogP contribution in [0.15, 0.2) is 37.4 Å². The van der Waals surface area contributed by atoms with Crippen LogP contribution in [0.25, 0.3) is 10.4 Å². The smallest absolute Gasteiger partial charge is 0.373 e. The van der Waals surface area contributed by atoms with E-state index in [0.29, 0.717) is 10.4 Å². The van der Waals surface area contributed by atoms with E-state index in [9.17, 15) is 0 Å². The van der Waals surface area contributed by atoms with Crippen molar-refractivity contribution in [3.05, 3.63) is 48.6 Å². The molecule has 0 amide bonds. The Kier molecular flexibility index (Phi) is 7.71. The van der Waals surface area contributed by atoms with Crippen molar-refractivity contribution in [1.29, 1.82) is 0 Å². The fourth-order valence-electron chi connectivity index (χ4n) is 2.58. The maximum absolute atomic E-state index is 5.53. The van der Waals surface area contributed by atoms with E-state index in [4.69, 9.17) is 26.6 Å². The summed E-state index contributed by atoms with van der Waals surface area (Å²) in [6.07, 6.45) is 0. The molecule has 0 N–H and O–H groups in total. The molecule has 1 rings (SSSR count). The predicted octanol–water partition coefficient (Wildman–Crippen LogP) is 2.55. The van der Waals surface area contributed by atoms with Gasteiger partial charge in [-0.3, -0.25) is 0 Å². The van der Waals surface area contributed by atoms with Gasteiger partial charge >= 0.3 is 17.6 Å². The molecule has 1 aromatic carbocycles. The summed E-state index contributed by atoms with van der Waals surface area (Å²) < 4.78 is 33.2. The summed E-state index contributed by atoms with van der Waals surface area (Å²) in [5.41, 5.74) is 1.59. The molecule has 0 aromatic heterocycles. The van der Waals surface area contributed by atoms with Gasteiger partial charge in [0.05, 0.1) is 0 Å². The van der Waals surface area contributed by atoms with Crippen LogP contribution in [0.2, 0.25) is 0 Å². The maximum Gasteiger partial charge on any atom is 0.536 e. The van der Waals surface area contributed by atoms with Crippen LogP contribution < -0.4 is 0 Å². The topological polar surface area (TPSA) is 55.4 Å². The lowest BCUT2D eigenvalue weighted by atomic mass is 10.1. The van der Waals surface area contributed by atoms with E-state index in [0.717, 1.165) is 11.1 Å². The van der Waals surface area contributed by atoms with Crippen LogP contribution in [-0.2, 0) is 26.6 Å². The Morgan fingerprint density at radius 3 is 1.08 bits per heavy atom. The van der Waals surface area contributed by atoms with Crippen molar-refractivity contribution in [3.63, 3.8) is 0 Å². The molecular formula is C16H26O6Si2. The van der Waals surface area contributed by atoms with Gasteiger partial charge in [-0.1, -0.05) is 37.4 Å². The summed E-state index contributed by atoms with van der Waals surface area (Å²) in [6, 6.07) is 7.60. The highest BCUT2D eigenvalue weighted by Crippen LogP contribution is 2.35. The Morgan fingerprint density at radius 1 is 0.625 bits per heavy atom. The molecule has 0 radical (unpaired) electrons. The molecule has 0 saturated carbocycles. The molecule has 0 fully saturated rings. The summed E-state index contributed by atoms with van der Waals surface area (Å²) in [6.45, 7) is 8.30. The summed E-state index contributed by atoms with van der Waals surface area (Å²) in [7, 11) is 3.11. The van der Waals surface area contributed by atoms with Crippen molar-refractivity contribution in [2.24, 2.45) is 0 Å². The fourth-order valence-corrected chi connectivity index (χ4v) is 6.15. The fraction of sp³-hybridized carbons (Fsp3) is 0.375. The van der Waals surface area contributed by atoms with Crippen molar-refractivity contribution >= 4 is 28.0 Å². The van der Waals surface area contributed by atoms with Gasteiger partial charge in [-0.2, -0.15) is 0 Å². The summed E-state index contributed by atoms with van der Waals surface area (Å²) in [4.78, 5) is 0. The first-order valence-corrected chi connectivity index (χ1v) is 10.7. The number of benzene rings is 1. The Balaban J connectivity index is 3.46. The highest BCUT2D eigenvalue weighted by molar-refractivity contribution is 6.83. The van der Waals surface area contributed by atoms with Crippen molar-refractivity contribution in [2.45, 2.75) is 0 Å². The molecular weight excluding hydrogens is 344 g/mol. The Morgan fingerprint density at radius 2 is 0.875 bits per heavy atom. The first-order chi connectivity index (χ1) is 11.4. The second kappa shape index (κ2) is 8.83. The summed E-state index contributed by atoms with van der Waals surface area (Å²) in [5, 5.41) is 1.25. The molecule has 0 spiro atoms. The first kappa shape index (κ1) is 20.9. The normalized spacial score (nSPS) is 12.2. The lowest BCUT2D eigenvalue weighted by Gasteiger charge is -2.30. The minimum absolute atomic E-state index is 0.623. The van der Waals surface area contributed by atoms with E-state index in [2.05, 4.69) is 13.2 Å². The zero-order chi connectivity index (χ0) is 18.4. The molecule has 24 heavy (non-hydrogen) atoms. The van der Waals surface area contributed by atoms with Gasteiger partial charge in [-0.25, -0.2) is 0 Å². The average Bonchev–Trinajstić information content (AvgIpc) is 2.65. The van der Waals surface area contributed by atoms with E-state index < -0.39 is 17.6 Å². The molecule has 0 unspecified atom stereocenters. The zero-order valence-corrected chi connectivity index (χ0v) is 17.2. The summed E-state index contributed by atoms with van der Waals surface area (Å²) in [5.74, 6) is 0. The van der Waals surface area contributed by atoms with E-state index in [1.54, 1.807) is 42.7 Å². The second-order valence-electron chi connectivity index (χ2n) is 4.84. The van der Waals surface area contributed by atoms with E-state index in [1.807, 2.05) is 24.3 Å². The Bertz CT molecular complexity index is 514. The van der Waals surface area contributed by atoms with Gasteiger partial charge in [0.15, 0.2) is 0 Å². The largest absolute Gasteiger partial charge is 0.536 e. The standard InChI is InChI=1S/C16H26O6Si2/c1-13(23(17-3,18-4)19-5)15-11-9-10-12-16(15)14(2)24(20-6,21-7)22-8/h9-12H,1-2H2,3-8H3. The molecule has 0 aliphatic carbocycles. The molecule has 6 nitrogen and oxygen atoms in total. The molecule has 0 bridgehead atoms. The van der Waals surface area contributed by atoms with E-state index in [-0.39, 0.29) is 0 Å². The van der Waals surface area contributed by atoms with Crippen LogP contribution in [-0.4, -0.2) is 60.3 Å². The maximum atomic E-state index is 5.53. The van der Waals surface area contributed by atoms with E-state index in [1.165, 1.54) is 0 Å². The van der Waals surface area contributed by atoms with Gasteiger partial charge in [0, 0.05) is 53.1 Å². The quantitative estimate of drug-likeness (QED) is 0.590. The van der Waals surface area contributed by atoms with Crippen LogP contribution in [0.1, 0.15) is 11.1 Å². The van der Waals surface area contributed by atoms with Crippen LogP contribution in [0.3, 0.4) is 0 Å². The molecule has 0 saturated heterocycles. The van der Waals surface area contributed by atoms with Gasteiger partial charge in [-0.05, 0) is 11.1 Å². The van der Waals surface area contributed by atoms with Crippen molar-refractivity contribution in [3.8, 4) is 0 Å². The predicted molar refractivity (Wildman–Crippen MR) is 98.1 cm³/mol. The molecule has 0 heterocycles. The van der Waals surface area contributed by atoms with Gasteiger partial charge in [0.1, 0.15) is 0 Å². The molecule has 8 heteroatoms. The first-order valence-electron chi connectivity index (χ1n) is 7.21. The third-order valence-corrected chi connectivity index (χ3v) is 9.17. The van der Waals surface area contributed by atoms with Crippen LogP contribution in [0.4, 0.5) is 0 Å². The van der Waals surface area contributed by atoms with Crippen molar-refractivity contribution in [2.75, 3.05) is 42.7 Å². The third kappa shape index (κ3) is 3.60. The SMILES string of the molecule is C=C(c1ccccc1C(=C)[Si](OC)(OC)OC)[Si](OC)(OC)OC. The number of hydrogen-bond acceptors (Lipinski definition) is 6. The molecule has 1 aromatic rings. The molecule has 134 valence electrons. The van der Waals surface area contributed by atoms with Gasteiger partial charge in [0.2, 0.25) is 0 Å². The van der Waals surface area contributed by atoms with Crippen LogP contribution >= 0.6 is 0 Å². The Hall–Kier alpha value is -1.11. The number of hydrogen-bond donors (Lipinski definition) is 0. The summed E-state index contributed by atoms with van der Waals surface area (Å²) >= 11 is 0. The average molecular weight is 371 g/mol. The van der Waals surface area contributed by atoms with E-state index >= 15 is 0 Å². The molecule has 0 aliphatic heterocycles. The van der Waals surface area contributed by atoms with Crippen LogP contribution in [0, 0.1) is 0 Å². The van der Waals surface area contributed by atoms with Crippen molar-refractivity contribution < 1.29 is 26.6 Å². The molecule has 0 atom stereocenters. The second-order valence-corrected chi connectivity index (χ2v) is 10.7. The van der Waals surface area contributed by atoms with Crippen LogP contribution in [0.5, 0.6) is 0 Å². The monoisotopic (exact) mass is 370 g/mol. The highest BCUT2D eigenvalue weighted by atomic mass is 28.4. The highest BCUT2D eigenvalue weighted by Gasteiger charge is 2.47.